The molecule has 2 atom stereocenters. The summed E-state index contributed by atoms with van der Waals surface area (Å²) >= 11 is 5.63. The molecular weight excluding hydrogens is 206 g/mol. The van der Waals surface area contributed by atoms with E-state index in [4.69, 9.17) is 21.1 Å². The van der Waals surface area contributed by atoms with Crippen molar-refractivity contribution in [2.45, 2.75) is 18.4 Å². The average Bonchev–Trinajstić information content (AvgIpc) is 2.70. The number of furan rings is 1. The molecule has 5 heteroatoms. The maximum Gasteiger partial charge on any atom is 0.320 e. The van der Waals surface area contributed by atoms with E-state index in [-0.39, 0.29) is 5.92 Å². The first-order chi connectivity index (χ1) is 6.66. The molecule has 14 heavy (non-hydrogen) atoms. The Bertz CT molecular complexity index is 350. The van der Waals surface area contributed by atoms with Gasteiger partial charge in [0.15, 0.2) is 5.22 Å². The monoisotopic (exact) mass is 215 g/mol. The molecule has 2 heterocycles. The fourth-order valence-electron chi connectivity index (χ4n) is 1.69. The van der Waals surface area contributed by atoms with Crippen molar-refractivity contribution >= 4 is 17.6 Å². The highest BCUT2D eigenvalue weighted by atomic mass is 35.5. The van der Waals surface area contributed by atoms with E-state index >= 15 is 0 Å². The van der Waals surface area contributed by atoms with Gasteiger partial charge >= 0.3 is 5.97 Å². The Kier molecular flexibility index (Phi) is 2.48. The zero-order chi connectivity index (χ0) is 10.1. The van der Waals surface area contributed by atoms with E-state index in [2.05, 4.69) is 5.32 Å². The zero-order valence-corrected chi connectivity index (χ0v) is 8.12. The van der Waals surface area contributed by atoms with Crippen molar-refractivity contribution in [2.75, 3.05) is 6.54 Å². The molecule has 0 spiro atoms. The van der Waals surface area contributed by atoms with E-state index in [1.54, 1.807) is 12.1 Å². The summed E-state index contributed by atoms with van der Waals surface area (Å²) in [6, 6.07) is 2.99. The lowest BCUT2D eigenvalue weighted by molar-refractivity contribution is -0.139. The van der Waals surface area contributed by atoms with Gasteiger partial charge in [-0.2, -0.15) is 0 Å². The molecule has 1 aliphatic heterocycles. The lowest BCUT2D eigenvalue weighted by Crippen LogP contribution is -2.29. The minimum absolute atomic E-state index is 0.114. The van der Waals surface area contributed by atoms with Crippen LogP contribution in [0.15, 0.2) is 16.5 Å². The topological polar surface area (TPSA) is 62.5 Å². The number of carboxylic acid groups (broad SMARTS) is 1. The second-order valence-electron chi connectivity index (χ2n) is 3.37. The zero-order valence-electron chi connectivity index (χ0n) is 7.37. The van der Waals surface area contributed by atoms with E-state index in [1.165, 1.54) is 0 Å². The molecule has 1 saturated heterocycles. The van der Waals surface area contributed by atoms with Crippen LogP contribution in [-0.2, 0) is 4.79 Å². The van der Waals surface area contributed by atoms with Gasteiger partial charge in [-0.25, -0.2) is 0 Å². The molecule has 0 aliphatic carbocycles. The van der Waals surface area contributed by atoms with Crippen molar-refractivity contribution in [1.82, 2.24) is 5.32 Å². The van der Waals surface area contributed by atoms with Gasteiger partial charge in [-0.3, -0.25) is 4.79 Å². The van der Waals surface area contributed by atoms with Crippen LogP contribution < -0.4 is 5.32 Å². The van der Waals surface area contributed by atoms with Crippen molar-refractivity contribution < 1.29 is 14.3 Å². The van der Waals surface area contributed by atoms with Crippen LogP contribution in [0.5, 0.6) is 0 Å². The van der Waals surface area contributed by atoms with Gasteiger partial charge in [0.05, 0.1) is 0 Å². The number of rotatable bonds is 2. The maximum atomic E-state index is 10.7. The van der Waals surface area contributed by atoms with Crippen molar-refractivity contribution in [3.63, 3.8) is 0 Å². The molecule has 2 unspecified atom stereocenters. The Hall–Kier alpha value is -1.00. The van der Waals surface area contributed by atoms with Gasteiger partial charge in [0.1, 0.15) is 11.8 Å². The SMILES string of the molecule is O=C(O)C1CC(c2ccc(Cl)o2)CN1. The molecule has 0 aromatic carbocycles. The molecule has 1 fully saturated rings. The molecule has 76 valence electrons. The summed E-state index contributed by atoms with van der Waals surface area (Å²) in [5.41, 5.74) is 0. The van der Waals surface area contributed by atoms with Crippen LogP contribution >= 0.6 is 11.6 Å². The summed E-state index contributed by atoms with van der Waals surface area (Å²) in [5.74, 6) is 0.0556. The van der Waals surface area contributed by atoms with E-state index in [0.717, 1.165) is 5.76 Å². The van der Waals surface area contributed by atoms with Crippen LogP contribution in [0, 0.1) is 0 Å². The first-order valence-corrected chi connectivity index (χ1v) is 4.76. The Morgan fingerprint density at radius 1 is 1.64 bits per heavy atom. The van der Waals surface area contributed by atoms with Gasteiger partial charge in [-0.1, -0.05) is 0 Å². The fourth-order valence-corrected chi connectivity index (χ4v) is 1.84. The number of carbonyl (C=O) groups is 1. The number of carboxylic acids is 1. The molecule has 2 rings (SSSR count). The summed E-state index contributed by atoms with van der Waals surface area (Å²) < 4.78 is 5.23. The molecule has 4 nitrogen and oxygen atoms in total. The van der Waals surface area contributed by atoms with E-state index in [9.17, 15) is 4.79 Å². The molecule has 1 aliphatic rings. The van der Waals surface area contributed by atoms with E-state index in [1.807, 2.05) is 0 Å². The number of nitrogens with one attached hydrogen (secondary N) is 1. The smallest absolute Gasteiger partial charge is 0.320 e. The highest BCUT2D eigenvalue weighted by molar-refractivity contribution is 6.28. The van der Waals surface area contributed by atoms with Gasteiger partial charge in [0.25, 0.3) is 0 Å². The predicted octanol–water partition coefficient (Wildman–Crippen LogP) is 1.46. The largest absolute Gasteiger partial charge is 0.480 e. The maximum absolute atomic E-state index is 10.7. The summed E-state index contributed by atoms with van der Waals surface area (Å²) in [6.07, 6.45) is 0.555. The van der Waals surface area contributed by atoms with Crippen molar-refractivity contribution in [1.29, 1.82) is 0 Å². The third-order valence-electron chi connectivity index (χ3n) is 2.43. The second-order valence-corrected chi connectivity index (χ2v) is 3.75. The molecule has 0 saturated carbocycles. The molecule has 0 bridgehead atoms. The lowest BCUT2D eigenvalue weighted by atomic mass is 10.0. The first kappa shape index (κ1) is 9.55. The average molecular weight is 216 g/mol. The number of hydrogen-bond acceptors (Lipinski definition) is 3. The summed E-state index contributed by atoms with van der Waals surface area (Å²) in [7, 11) is 0. The lowest BCUT2D eigenvalue weighted by Gasteiger charge is -2.03. The Morgan fingerprint density at radius 2 is 2.43 bits per heavy atom. The van der Waals surface area contributed by atoms with Crippen LogP contribution in [0.25, 0.3) is 0 Å². The Balaban J connectivity index is 2.05. The number of hydrogen-bond donors (Lipinski definition) is 2. The Morgan fingerprint density at radius 3 is 2.93 bits per heavy atom. The number of halogens is 1. The predicted molar refractivity (Wildman–Crippen MR) is 50.5 cm³/mol. The summed E-state index contributed by atoms with van der Waals surface area (Å²) in [5, 5.41) is 12.0. The van der Waals surface area contributed by atoms with Crippen LogP contribution in [0.4, 0.5) is 0 Å². The molecule has 0 radical (unpaired) electrons. The Labute approximate surface area is 85.9 Å². The number of aliphatic carboxylic acids is 1. The van der Waals surface area contributed by atoms with Crippen LogP contribution in [0.2, 0.25) is 5.22 Å². The van der Waals surface area contributed by atoms with E-state index < -0.39 is 12.0 Å². The van der Waals surface area contributed by atoms with Gasteiger partial charge in [0, 0.05) is 12.5 Å². The quantitative estimate of drug-likeness (QED) is 0.784. The van der Waals surface area contributed by atoms with Gasteiger partial charge in [-0.15, -0.1) is 0 Å². The summed E-state index contributed by atoms with van der Waals surface area (Å²) in [6.45, 7) is 0.626. The van der Waals surface area contributed by atoms with Crippen LogP contribution in [0.1, 0.15) is 18.1 Å². The molecule has 1 aromatic rings. The highest BCUT2D eigenvalue weighted by Gasteiger charge is 2.31. The normalized spacial score (nSPS) is 26.6. The fraction of sp³-hybridized carbons (Fsp3) is 0.444. The molecule has 2 N–H and O–H groups in total. The van der Waals surface area contributed by atoms with Crippen molar-refractivity contribution in [2.24, 2.45) is 0 Å². The molecule has 1 aromatic heterocycles. The van der Waals surface area contributed by atoms with Crippen LogP contribution in [0.3, 0.4) is 0 Å². The summed E-state index contributed by atoms with van der Waals surface area (Å²) in [4.78, 5) is 10.7. The van der Waals surface area contributed by atoms with E-state index in [0.29, 0.717) is 18.2 Å². The van der Waals surface area contributed by atoms with Crippen molar-refractivity contribution in [3.05, 3.63) is 23.1 Å². The minimum atomic E-state index is -0.815. The molecule has 0 amide bonds. The van der Waals surface area contributed by atoms with Gasteiger partial charge in [0.2, 0.25) is 0 Å². The molecular formula is C9H10ClNO3. The van der Waals surface area contributed by atoms with Crippen molar-refractivity contribution in [3.8, 4) is 0 Å². The highest BCUT2D eigenvalue weighted by Crippen LogP contribution is 2.28. The second kappa shape index (κ2) is 3.63. The third kappa shape index (κ3) is 1.76. The van der Waals surface area contributed by atoms with Gasteiger partial charge < -0.3 is 14.8 Å². The van der Waals surface area contributed by atoms with Gasteiger partial charge in [-0.05, 0) is 30.2 Å². The standard InChI is InChI=1S/C9H10ClNO3/c10-8-2-1-7(14-8)5-3-6(9(12)13)11-4-5/h1-2,5-6,11H,3-4H2,(H,12,13). The van der Waals surface area contributed by atoms with Crippen LogP contribution in [-0.4, -0.2) is 23.7 Å². The third-order valence-corrected chi connectivity index (χ3v) is 2.63. The first-order valence-electron chi connectivity index (χ1n) is 4.38. The minimum Gasteiger partial charge on any atom is -0.480 e.